The molecule has 1 aliphatic rings. The molecule has 0 spiro atoms. The van der Waals surface area contributed by atoms with Crippen molar-refractivity contribution < 1.29 is 9.59 Å². The number of hydrogen-bond donors (Lipinski definition) is 1. The third kappa shape index (κ3) is 1.04. The summed E-state index contributed by atoms with van der Waals surface area (Å²) in [6.45, 7) is 0.685. The van der Waals surface area contributed by atoms with Crippen LogP contribution >= 0.6 is 11.3 Å². The van der Waals surface area contributed by atoms with Gasteiger partial charge in [-0.1, -0.05) is 0 Å². The second-order valence-electron chi connectivity index (χ2n) is 2.61. The molecule has 1 aliphatic heterocycles. The average molecular weight is 181 g/mol. The summed E-state index contributed by atoms with van der Waals surface area (Å²) in [6.07, 6.45) is 1.63. The molecule has 0 aliphatic carbocycles. The lowest BCUT2D eigenvalue weighted by Crippen LogP contribution is -2.30. The van der Waals surface area contributed by atoms with Gasteiger partial charge in [0, 0.05) is 11.4 Å². The monoisotopic (exact) mass is 181 g/mol. The Morgan fingerprint density at radius 2 is 2.42 bits per heavy atom. The van der Waals surface area contributed by atoms with Gasteiger partial charge < -0.3 is 5.32 Å². The van der Waals surface area contributed by atoms with E-state index in [1.54, 1.807) is 6.07 Å². The van der Waals surface area contributed by atoms with E-state index in [2.05, 4.69) is 5.32 Å². The standard InChI is InChI=1S/C8H7NO2S/c10-4-5-3-6-7(12-5)1-2-9-8(6)11/h3-4H,1-2H2,(H,9,11). The minimum absolute atomic E-state index is 0.0550. The van der Waals surface area contributed by atoms with Crippen molar-refractivity contribution in [3.63, 3.8) is 0 Å². The summed E-state index contributed by atoms with van der Waals surface area (Å²) in [4.78, 5) is 23.3. The van der Waals surface area contributed by atoms with Gasteiger partial charge in [-0.25, -0.2) is 0 Å². The highest BCUT2D eigenvalue weighted by atomic mass is 32.1. The SMILES string of the molecule is O=Cc1cc2c(s1)CCNC2=O. The molecule has 1 N–H and O–H groups in total. The predicted molar refractivity (Wildman–Crippen MR) is 45.7 cm³/mol. The van der Waals surface area contributed by atoms with Crippen molar-refractivity contribution in [2.24, 2.45) is 0 Å². The Balaban J connectivity index is 2.50. The number of carbonyl (C=O) groups is 2. The van der Waals surface area contributed by atoms with Gasteiger partial charge in [-0.05, 0) is 12.5 Å². The van der Waals surface area contributed by atoms with Gasteiger partial charge in [0.1, 0.15) is 0 Å². The molecule has 0 atom stereocenters. The van der Waals surface area contributed by atoms with Crippen LogP contribution in [-0.2, 0) is 6.42 Å². The third-order valence-electron chi connectivity index (χ3n) is 1.83. The maximum Gasteiger partial charge on any atom is 0.252 e. The molecule has 2 heterocycles. The summed E-state index contributed by atoms with van der Waals surface area (Å²) in [5.41, 5.74) is 0.674. The minimum Gasteiger partial charge on any atom is -0.352 e. The van der Waals surface area contributed by atoms with Crippen LogP contribution in [0, 0.1) is 0 Å². The Kier molecular flexibility index (Phi) is 1.69. The number of nitrogens with one attached hydrogen (secondary N) is 1. The van der Waals surface area contributed by atoms with Crippen LogP contribution in [0.3, 0.4) is 0 Å². The van der Waals surface area contributed by atoms with Gasteiger partial charge in [0.25, 0.3) is 5.91 Å². The van der Waals surface area contributed by atoms with Gasteiger partial charge in [-0.2, -0.15) is 0 Å². The maximum atomic E-state index is 11.2. The molecule has 1 amide bonds. The number of aldehydes is 1. The van der Waals surface area contributed by atoms with Crippen molar-refractivity contribution in [1.82, 2.24) is 5.32 Å². The summed E-state index contributed by atoms with van der Waals surface area (Å²) < 4.78 is 0. The van der Waals surface area contributed by atoms with Crippen LogP contribution in [0.4, 0.5) is 0 Å². The topological polar surface area (TPSA) is 46.2 Å². The molecule has 0 saturated heterocycles. The van der Waals surface area contributed by atoms with Crippen molar-refractivity contribution in [1.29, 1.82) is 0 Å². The molecule has 0 aromatic carbocycles. The van der Waals surface area contributed by atoms with Crippen molar-refractivity contribution in [2.75, 3.05) is 6.54 Å². The van der Waals surface area contributed by atoms with Crippen LogP contribution in [-0.4, -0.2) is 18.7 Å². The highest BCUT2D eigenvalue weighted by molar-refractivity contribution is 7.14. The molecule has 62 valence electrons. The highest BCUT2D eigenvalue weighted by Crippen LogP contribution is 2.23. The van der Waals surface area contributed by atoms with E-state index in [0.717, 1.165) is 17.6 Å². The lowest BCUT2D eigenvalue weighted by molar-refractivity contribution is 0.0947. The van der Waals surface area contributed by atoms with Crippen LogP contribution in [0.15, 0.2) is 6.07 Å². The summed E-state index contributed by atoms with van der Waals surface area (Å²) in [7, 11) is 0. The van der Waals surface area contributed by atoms with Gasteiger partial charge in [-0.15, -0.1) is 11.3 Å². The van der Waals surface area contributed by atoms with E-state index in [9.17, 15) is 9.59 Å². The van der Waals surface area contributed by atoms with E-state index < -0.39 is 0 Å². The summed E-state index contributed by atoms with van der Waals surface area (Å²) in [5, 5.41) is 2.73. The molecule has 3 nitrogen and oxygen atoms in total. The zero-order chi connectivity index (χ0) is 8.55. The number of hydrogen-bond acceptors (Lipinski definition) is 3. The van der Waals surface area contributed by atoms with Gasteiger partial charge in [0.15, 0.2) is 6.29 Å². The average Bonchev–Trinajstić information content (AvgIpc) is 2.49. The Hall–Kier alpha value is -1.16. The van der Waals surface area contributed by atoms with E-state index in [4.69, 9.17) is 0 Å². The predicted octanol–water partition coefficient (Wildman–Crippen LogP) is 0.847. The molecule has 0 radical (unpaired) electrons. The molecule has 4 heteroatoms. The molecular weight excluding hydrogens is 174 g/mol. The van der Waals surface area contributed by atoms with Crippen LogP contribution in [0.25, 0.3) is 0 Å². The molecule has 0 fully saturated rings. The second kappa shape index (κ2) is 2.71. The Labute approximate surface area is 73.4 Å². The molecule has 2 rings (SSSR count). The molecule has 1 aromatic heterocycles. The van der Waals surface area contributed by atoms with Gasteiger partial charge >= 0.3 is 0 Å². The summed E-state index contributed by atoms with van der Waals surface area (Å²) in [5.74, 6) is -0.0550. The van der Waals surface area contributed by atoms with E-state index in [-0.39, 0.29) is 5.91 Å². The molecule has 12 heavy (non-hydrogen) atoms. The first-order valence-corrected chi connectivity index (χ1v) is 4.49. The van der Waals surface area contributed by atoms with Crippen LogP contribution < -0.4 is 5.32 Å². The maximum absolute atomic E-state index is 11.2. The normalized spacial score (nSPS) is 15.2. The molecule has 1 aromatic rings. The fourth-order valence-electron chi connectivity index (χ4n) is 1.27. The van der Waals surface area contributed by atoms with Gasteiger partial charge in [-0.3, -0.25) is 9.59 Å². The van der Waals surface area contributed by atoms with Gasteiger partial charge in [0.2, 0.25) is 0 Å². The zero-order valence-corrected chi connectivity index (χ0v) is 7.11. The number of fused-ring (bicyclic) bond motifs is 1. The van der Waals surface area contributed by atoms with Crippen LogP contribution in [0.2, 0.25) is 0 Å². The number of carbonyl (C=O) groups excluding carboxylic acids is 2. The fourth-order valence-corrected chi connectivity index (χ4v) is 2.25. The lowest BCUT2D eigenvalue weighted by Gasteiger charge is -2.10. The van der Waals surface area contributed by atoms with Crippen molar-refractivity contribution >= 4 is 23.5 Å². The second-order valence-corrected chi connectivity index (χ2v) is 3.78. The van der Waals surface area contributed by atoms with Crippen molar-refractivity contribution in [3.05, 3.63) is 21.4 Å². The van der Waals surface area contributed by atoms with E-state index in [1.807, 2.05) is 0 Å². The first kappa shape index (κ1) is 7.49. The summed E-state index contributed by atoms with van der Waals surface area (Å²) >= 11 is 1.41. The van der Waals surface area contributed by atoms with E-state index in [1.165, 1.54) is 11.3 Å². The quantitative estimate of drug-likeness (QED) is 0.653. The zero-order valence-electron chi connectivity index (χ0n) is 6.29. The smallest absolute Gasteiger partial charge is 0.252 e. The van der Waals surface area contributed by atoms with E-state index >= 15 is 0 Å². The molecule has 0 unspecified atom stereocenters. The lowest BCUT2D eigenvalue weighted by atomic mass is 10.1. The number of amides is 1. The number of thiophene rings is 1. The molecular formula is C8H7NO2S. The largest absolute Gasteiger partial charge is 0.352 e. The Morgan fingerprint density at radius 3 is 3.08 bits per heavy atom. The Bertz CT molecular complexity index is 343. The van der Waals surface area contributed by atoms with E-state index in [0.29, 0.717) is 17.0 Å². The van der Waals surface area contributed by atoms with Crippen molar-refractivity contribution in [2.45, 2.75) is 6.42 Å². The third-order valence-corrected chi connectivity index (χ3v) is 2.95. The van der Waals surface area contributed by atoms with Crippen molar-refractivity contribution in [3.8, 4) is 0 Å². The highest BCUT2D eigenvalue weighted by Gasteiger charge is 2.19. The summed E-state index contributed by atoms with van der Waals surface area (Å²) in [6, 6.07) is 1.65. The molecule has 0 bridgehead atoms. The van der Waals surface area contributed by atoms with Crippen LogP contribution in [0.5, 0.6) is 0 Å². The number of rotatable bonds is 1. The van der Waals surface area contributed by atoms with Crippen LogP contribution in [0.1, 0.15) is 24.9 Å². The Morgan fingerprint density at radius 1 is 1.58 bits per heavy atom. The minimum atomic E-state index is -0.0550. The fraction of sp³-hybridized carbons (Fsp3) is 0.250. The van der Waals surface area contributed by atoms with Gasteiger partial charge in [0.05, 0.1) is 10.4 Å². The first-order chi connectivity index (χ1) is 5.81. The first-order valence-electron chi connectivity index (χ1n) is 3.67. The molecule has 0 saturated carbocycles.